The van der Waals surface area contributed by atoms with Crippen molar-refractivity contribution in [3.8, 4) is 5.75 Å². The van der Waals surface area contributed by atoms with Crippen molar-refractivity contribution in [3.05, 3.63) is 58.4 Å². The lowest BCUT2D eigenvalue weighted by molar-refractivity contribution is 0.0697. The highest BCUT2D eigenvalue weighted by Crippen LogP contribution is 2.27. The fraction of sp³-hybridized carbons (Fsp3) is 0.133. The smallest absolute Gasteiger partial charge is 0.335 e. The maximum Gasteiger partial charge on any atom is 0.335 e. The SMILES string of the molecule is COc1cccc(Cl)c1CNc1cc(C(=O)O)ccc1F. The van der Waals surface area contributed by atoms with Crippen molar-refractivity contribution in [3.63, 3.8) is 0 Å². The van der Waals surface area contributed by atoms with E-state index in [-0.39, 0.29) is 17.8 Å². The number of methoxy groups -OCH3 is 1. The Kier molecular flexibility index (Phi) is 4.65. The van der Waals surface area contributed by atoms with Crippen LogP contribution in [0.3, 0.4) is 0 Å². The summed E-state index contributed by atoms with van der Waals surface area (Å²) in [5.41, 5.74) is 0.767. The van der Waals surface area contributed by atoms with Gasteiger partial charge in [-0.25, -0.2) is 9.18 Å². The molecule has 0 heterocycles. The molecule has 110 valence electrons. The number of hydrogen-bond donors (Lipinski definition) is 2. The molecule has 0 fully saturated rings. The summed E-state index contributed by atoms with van der Waals surface area (Å²) in [6.07, 6.45) is 0. The zero-order valence-electron chi connectivity index (χ0n) is 11.2. The van der Waals surface area contributed by atoms with Crippen LogP contribution < -0.4 is 10.1 Å². The largest absolute Gasteiger partial charge is 0.496 e. The summed E-state index contributed by atoms with van der Waals surface area (Å²) in [5.74, 6) is -1.08. The first kappa shape index (κ1) is 15.1. The van der Waals surface area contributed by atoms with Crippen molar-refractivity contribution in [1.82, 2.24) is 0 Å². The van der Waals surface area contributed by atoms with Gasteiger partial charge in [-0.3, -0.25) is 0 Å². The summed E-state index contributed by atoms with van der Waals surface area (Å²) in [6, 6.07) is 8.74. The van der Waals surface area contributed by atoms with E-state index in [1.54, 1.807) is 18.2 Å². The molecule has 0 bridgehead atoms. The van der Waals surface area contributed by atoms with E-state index in [0.717, 1.165) is 6.07 Å². The number of carboxylic acid groups (broad SMARTS) is 1. The molecule has 0 aliphatic rings. The van der Waals surface area contributed by atoms with Crippen LogP contribution in [0.5, 0.6) is 5.75 Å². The number of rotatable bonds is 5. The Hall–Kier alpha value is -2.27. The van der Waals surface area contributed by atoms with Crippen LogP contribution >= 0.6 is 11.6 Å². The molecule has 4 nitrogen and oxygen atoms in total. The zero-order valence-corrected chi connectivity index (χ0v) is 11.9. The molecule has 2 rings (SSSR count). The number of carbonyl (C=O) groups is 1. The van der Waals surface area contributed by atoms with E-state index in [4.69, 9.17) is 21.4 Å². The average Bonchev–Trinajstić information content (AvgIpc) is 2.47. The second-order valence-electron chi connectivity index (χ2n) is 4.27. The quantitative estimate of drug-likeness (QED) is 0.882. The molecule has 0 amide bonds. The van der Waals surface area contributed by atoms with E-state index >= 15 is 0 Å². The number of aromatic carboxylic acids is 1. The van der Waals surface area contributed by atoms with Gasteiger partial charge in [-0.05, 0) is 30.3 Å². The van der Waals surface area contributed by atoms with Crippen LogP contribution in [0.15, 0.2) is 36.4 Å². The van der Waals surface area contributed by atoms with Gasteiger partial charge in [0.05, 0.1) is 18.4 Å². The number of benzene rings is 2. The Balaban J connectivity index is 2.24. The molecule has 0 saturated carbocycles. The van der Waals surface area contributed by atoms with E-state index in [1.165, 1.54) is 19.2 Å². The van der Waals surface area contributed by atoms with Gasteiger partial charge in [0, 0.05) is 17.1 Å². The number of nitrogens with one attached hydrogen (secondary N) is 1. The van der Waals surface area contributed by atoms with E-state index in [9.17, 15) is 9.18 Å². The number of carboxylic acids is 1. The normalized spacial score (nSPS) is 10.2. The van der Waals surface area contributed by atoms with Crippen molar-refractivity contribution in [2.75, 3.05) is 12.4 Å². The fourth-order valence-corrected chi connectivity index (χ4v) is 2.11. The molecular formula is C15H13ClFNO3. The maximum atomic E-state index is 13.7. The monoisotopic (exact) mass is 309 g/mol. The van der Waals surface area contributed by atoms with Crippen LogP contribution in [-0.4, -0.2) is 18.2 Å². The summed E-state index contributed by atoms with van der Waals surface area (Å²) < 4.78 is 18.9. The van der Waals surface area contributed by atoms with E-state index in [0.29, 0.717) is 16.3 Å². The van der Waals surface area contributed by atoms with Gasteiger partial charge in [0.1, 0.15) is 11.6 Å². The summed E-state index contributed by atoms with van der Waals surface area (Å²) in [4.78, 5) is 10.9. The van der Waals surface area contributed by atoms with Gasteiger partial charge in [-0.15, -0.1) is 0 Å². The number of anilines is 1. The summed E-state index contributed by atoms with van der Waals surface area (Å²) in [5, 5.41) is 12.2. The van der Waals surface area contributed by atoms with Gasteiger partial charge in [0.2, 0.25) is 0 Å². The van der Waals surface area contributed by atoms with Crippen LogP contribution in [0.1, 0.15) is 15.9 Å². The molecule has 0 aliphatic heterocycles. The predicted molar refractivity (Wildman–Crippen MR) is 78.7 cm³/mol. The van der Waals surface area contributed by atoms with Crippen LogP contribution in [-0.2, 0) is 6.54 Å². The molecule has 0 unspecified atom stereocenters. The van der Waals surface area contributed by atoms with Crippen molar-refractivity contribution in [2.24, 2.45) is 0 Å². The zero-order chi connectivity index (χ0) is 15.4. The standard InChI is InChI=1S/C15H13ClFNO3/c1-21-14-4-2-3-11(16)10(14)8-18-13-7-9(15(19)20)5-6-12(13)17/h2-7,18H,8H2,1H3,(H,19,20). The molecule has 0 saturated heterocycles. The molecule has 0 radical (unpaired) electrons. The fourth-order valence-electron chi connectivity index (χ4n) is 1.88. The second kappa shape index (κ2) is 6.45. The Morgan fingerprint density at radius 3 is 2.81 bits per heavy atom. The highest BCUT2D eigenvalue weighted by atomic mass is 35.5. The van der Waals surface area contributed by atoms with Crippen LogP contribution in [0, 0.1) is 5.82 Å². The third-order valence-corrected chi connectivity index (χ3v) is 3.32. The van der Waals surface area contributed by atoms with Crippen LogP contribution in [0.2, 0.25) is 5.02 Å². The highest BCUT2D eigenvalue weighted by molar-refractivity contribution is 6.31. The van der Waals surface area contributed by atoms with Gasteiger partial charge in [0.15, 0.2) is 0 Å². The summed E-state index contributed by atoms with van der Waals surface area (Å²) in [7, 11) is 1.51. The third-order valence-electron chi connectivity index (χ3n) is 2.96. The van der Waals surface area contributed by atoms with Gasteiger partial charge in [0.25, 0.3) is 0 Å². The van der Waals surface area contributed by atoms with Crippen molar-refractivity contribution in [2.45, 2.75) is 6.54 Å². The van der Waals surface area contributed by atoms with E-state index in [2.05, 4.69) is 5.32 Å². The molecule has 2 N–H and O–H groups in total. The minimum atomic E-state index is -1.12. The lowest BCUT2D eigenvalue weighted by atomic mass is 10.1. The number of halogens is 2. The van der Waals surface area contributed by atoms with Gasteiger partial charge < -0.3 is 15.2 Å². The van der Waals surface area contributed by atoms with Gasteiger partial charge >= 0.3 is 5.97 Å². The van der Waals surface area contributed by atoms with E-state index in [1.807, 2.05) is 0 Å². The minimum Gasteiger partial charge on any atom is -0.496 e. The molecule has 0 spiro atoms. The summed E-state index contributed by atoms with van der Waals surface area (Å²) in [6.45, 7) is 0.211. The van der Waals surface area contributed by atoms with Gasteiger partial charge in [-0.2, -0.15) is 0 Å². The first-order chi connectivity index (χ1) is 10.0. The predicted octanol–water partition coefficient (Wildman–Crippen LogP) is 3.80. The Morgan fingerprint density at radius 2 is 2.14 bits per heavy atom. The molecule has 2 aromatic rings. The lowest BCUT2D eigenvalue weighted by Crippen LogP contribution is -2.06. The van der Waals surface area contributed by atoms with Crippen molar-refractivity contribution in [1.29, 1.82) is 0 Å². The Morgan fingerprint density at radius 1 is 1.38 bits per heavy atom. The number of hydrogen-bond acceptors (Lipinski definition) is 3. The molecule has 0 aromatic heterocycles. The Labute approximate surface area is 126 Å². The third kappa shape index (κ3) is 3.44. The highest BCUT2D eigenvalue weighted by Gasteiger charge is 2.11. The van der Waals surface area contributed by atoms with E-state index < -0.39 is 11.8 Å². The molecule has 0 aliphatic carbocycles. The molecule has 21 heavy (non-hydrogen) atoms. The van der Waals surface area contributed by atoms with Gasteiger partial charge in [-0.1, -0.05) is 17.7 Å². The van der Waals surface area contributed by atoms with Crippen LogP contribution in [0.25, 0.3) is 0 Å². The average molecular weight is 310 g/mol. The Bertz CT molecular complexity index is 676. The minimum absolute atomic E-state index is 0.00465. The molecular weight excluding hydrogens is 297 g/mol. The molecule has 6 heteroatoms. The maximum absolute atomic E-state index is 13.7. The first-order valence-corrected chi connectivity index (χ1v) is 6.49. The molecule has 0 atom stereocenters. The topological polar surface area (TPSA) is 58.6 Å². The molecule has 2 aromatic carbocycles. The van der Waals surface area contributed by atoms with Crippen molar-refractivity contribution >= 4 is 23.3 Å². The first-order valence-electron chi connectivity index (χ1n) is 6.11. The van der Waals surface area contributed by atoms with Crippen LogP contribution in [0.4, 0.5) is 10.1 Å². The lowest BCUT2D eigenvalue weighted by Gasteiger charge is -2.13. The van der Waals surface area contributed by atoms with Crippen molar-refractivity contribution < 1.29 is 19.0 Å². The second-order valence-corrected chi connectivity index (χ2v) is 4.68. The summed E-state index contributed by atoms with van der Waals surface area (Å²) >= 11 is 6.09. The number of ether oxygens (including phenoxy) is 1.